The molecule has 2 aromatic carbocycles. The predicted octanol–water partition coefficient (Wildman–Crippen LogP) is 6.33. The van der Waals surface area contributed by atoms with Crippen LogP contribution in [-0.2, 0) is 16.0 Å². The molecule has 0 amide bonds. The van der Waals surface area contributed by atoms with Gasteiger partial charge in [0.1, 0.15) is 11.6 Å². The fourth-order valence-corrected chi connectivity index (χ4v) is 2.47. The van der Waals surface area contributed by atoms with Crippen LogP contribution < -0.4 is 0 Å². The molecule has 0 saturated heterocycles. The lowest BCUT2D eigenvalue weighted by molar-refractivity contribution is -0.137. The summed E-state index contributed by atoms with van der Waals surface area (Å²) in [5.41, 5.74) is 3.68. The lowest BCUT2D eigenvalue weighted by atomic mass is 9.83. The summed E-state index contributed by atoms with van der Waals surface area (Å²) < 4.78 is 0. The summed E-state index contributed by atoms with van der Waals surface area (Å²) >= 11 is 0. The molecule has 0 aliphatic carbocycles. The van der Waals surface area contributed by atoms with Gasteiger partial charge < -0.3 is 5.11 Å². The van der Waals surface area contributed by atoms with Gasteiger partial charge in [-0.15, -0.1) is 0 Å². The third kappa shape index (κ3) is 10.3. The van der Waals surface area contributed by atoms with Crippen molar-refractivity contribution in [3.05, 3.63) is 59.7 Å². The topological polar surface area (TPSA) is 71.4 Å². The normalized spacial score (nSPS) is 9.61. The largest absolute Gasteiger partial charge is 0.400 e. The van der Waals surface area contributed by atoms with E-state index >= 15 is 0 Å². The average Bonchev–Trinajstić information content (AvgIpc) is 2.81. The number of benzene rings is 2. The molecule has 0 radical (unpaired) electrons. The molecule has 1 N–H and O–H groups in total. The Hall–Kier alpha value is -2.59. The van der Waals surface area contributed by atoms with Crippen LogP contribution in [-0.4, -0.2) is 29.6 Å². The quantitative estimate of drug-likeness (QED) is 0.431. The second kappa shape index (κ2) is 16.1. The van der Waals surface area contributed by atoms with Crippen molar-refractivity contribution in [2.24, 2.45) is 5.41 Å². The van der Waals surface area contributed by atoms with E-state index in [1.165, 1.54) is 18.1 Å². The Morgan fingerprint density at radius 3 is 1.42 bits per heavy atom. The zero-order valence-electron chi connectivity index (χ0n) is 20.7. The summed E-state index contributed by atoms with van der Waals surface area (Å²) in [6, 6.07) is 16.3. The van der Waals surface area contributed by atoms with Crippen molar-refractivity contribution in [1.29, 1.82) is 0 Å². The van der Waals surface area contributed by atoms with Gasteiger partial charge >= 0.3 is 0 Å². The molecule has 0 heterocycles. The Morgan fingerprint density at radius 1 is 0.774 bits per heavy atom. The minimum Gasteiger partial charge on any atom is -0.400 e. The van der Waals surface area contributed by atoms with Gasteiger partial charge in [-0.05, 0) is 50.8 Å². The van der Waals surface area contributed by atoms with E-state index in [0.29, 0.717) is 6.42 Å². The highest BCUT2D eigenvalue weighted by Crippen LogP contribution is 2.21. The molecule has 2 rings (SSSR count). The molecule has 0 atom stereocenters. The molecule has 31 heavy (non-hydrogen) atoms. The maximum absolute atomic E-state index is 11.2. The van der Waals surface area contributed by atoms with Crippen molar-refractivity contribution in [3.63, 3.8) is 0 Å². The van der Waals surface area contributed by atoms with Crippen molar-refractivity contribution >= 4 is 17.3 Å². The molecule has 172 valence electrons. The van der Waals surface area contributed by atoms with Gasteiger partial charge in [-0.25, -0.2) is 0 Å². The number of carbonyl (C=O) groups excluding carboxylic acids is 3. The molecule has 0 bridgehead atoms. The minimum absolute atomic E-state index is 0.0139. The molecule has 4 nitrogen and oxygen atoms in total. The standard InChI is InChI=1S/C16H16O.C8H14O2.C2H6.CH4O/c1-3-13-4-6-15(7-5-13)16-10-8-14(9-11-16)12(2)17;1-5-7(10)8(3,4)6(2)9;2*1-2/h4-11H,3H2,1-2H3;5H2,1-4H3;1-2H3;2H,1H3. The number of rotatable bonds is 6. The SMILES string of the molecule is CC.CCC(=O)C(C)(C)C(C)=O.CCc1ccc(-c2ccc(C(C)=O)cc2)cc1.CO. The molecule has 0 saturated carbocycles. The van der Waals surface area contributed by atoms with Crippen LogP contribution in [0.3, 0.4) is 0 Å². The molecule has 0 aromatic heterocycles. The molecule has 0 aliphatic rings. The number of hydrogen-bond acceptors (Lipinski definition) is 4. The summed E-state index contributed by atoms with van der Waals surface area (Å²) in [5.74, 6) is 0.0669. The van der Waals surface area contributed by atoms with Crippen LogP contribution >= 0.6 is 0 Å². The van der Waals surface area contributed by atoms with E-state index < -0.39 is 5.41 Å². The Kier molecular flexibility index (Phi) is 15.9. The lowest BCUT2D eigenvalue weighted by Gasteiger charge is -2.17. The highest BCUT2D eigenvalue weighted by molar-refractivity contribution is 6.05. The maximum atomic E-state index is 11.2. The first kappa shape index (κ1) is 30.6. The van der Waals surface area contributed by atoms with E-state index in [0.717, 1.165) is 24.7 Å². The summed E-state index contributed by atoms with van der Waals surface area (Å²) in [5, 5.41) is 7.00. The average molecular weight is 429 g/mol. The molecule has 0 unspecified atom stereocenters. The lowest BCUT2D eigenvalue weighted by Crippen LogP contribution is -2.30. The van der Waals surface area contributed by atoms with E-state index in [4.69, 9.17) is 5.11 Å². The van der Waals surface area contributed by atoms with E-state index in [1.807, 2.05) is 38.1 Å². The number of Topliss-reactive ketones (excluding diaryl/α,β-unsaturated/α-hetero) is 3. The fraction of sp³-hybridized carbons (Fsp3) is 0.444. The number of aliphatic hydroxyl groups excluding tert-OH is 1. The predicted molar refractivity (Wildman–Crippen MR) is 131 cm³/mol. The second-order valence-corrected chi connectivity index (χ2v) is 7.14. The highest BCUT2D eigenvalue weighted by Gasteiger charge is 2.30. The van der Waals surface area contributed by atoms with Gasteiger partial charge in [0.25, 0.3) is 0 Å². The third-order valence-electron chi connectivity index (χ3n) is 4.89. The molecule has 2 aromatic rings. The highest BCUT2D eigenvalue weighted by atomic mass is 16.2. The van der Waals surface area contributed by atoms with Crippen molar-refractivity contribution in [2.75, 3.05) is 7.11 Å². The van der Waals surface area contributed by atoms with Crippen LogP contribution in [0.15, 0.2) is 48.5 Å². The third-order valence-corrected chi connectivity index (χ3v) is 4.89. The fourth-order valence-electron chi connectivity index (χ4n) is 2.47. The monoisotopic (exact) mass is 428 g/mol. The Balaban J connectivity index is 0. The molecule has 0 fully saturated rings. The van der Waals surface area contributed by atoms with E-state index in [1.54, 1.807) is 27.7 Å². The summed E-state index contributed by atoms with van der Waals surface area (Å²) in [7, 11) is 1.00. The van der Waals surface area contributed by atoms with Crippen LogP contribution in [0.4, 0.5) is 0 Å². The summed E-state index contributed by atoms with van der Waals surface area (Å²) in [4.78, 5) is 33.1. The number of hydrogen-bond donors (Lipinski definition) is 1. The van der Waals surface area contributed by atoms with E-state index in [9.17, 15) is 14.4 Å². The van der Waals surface area contributed by atoms with Crippen molar-refractivity contribution in [2.45, 2.75) is 68.2 Å². The van der Waals surface area contributed by atoms with Gasteiger partial charge in [0.15, 0.2) is 5.78 Å². The maximum Gasteiger partial charge on any atom is 0.159 e. The van der Waals surface area contributed by atoms with Crippen LogP contribution in [0.25, 0.3) is 11.1 Å². The first-order valence-electron chi connectivity index (χ1n) is 10.8. The van der Waals surface area contributed by atoms with Gasteiger partial charge in [0.2, 0.25) is 0 Å². The van der Waals surface area contributed by atoms with Gasteiger partial charge in [-0.3, -0.25) is 14.4 Å². The second-order valence-electron chi connectivity index (χ2n) is 7.14. The zero-order valence-corrected chi connectivity index (χ0v) is 20.7. The Morgan fingerprint density at radius 2 is 1.16 bits per heavy atom. The van der Waals surface area contributed by atoms with Gasteiger partial charge in [-0.1, -0.05) is 76.2 Å². The van der Waals surface area contributed by atoms with Crippen molar-refractivity contribution < 1.29 is 19.5 Å². The van der Waals surface area contributed by atoms with Crippen LogP contribution in [0, 0.1) is 5.41 Å². The first-order chi connectivity index (χ1) is 14.6. The zero-order chi connectivity index (χ0) is 24.6. The summed E-state index contributed by atoms with van der Waals surface area (Å²) in [6.45, 7) is 14.3. The smallest absolute Gasteiger partial charge is 0.159 e. The van der Waals surface area contributed by atoms with Gasteiger partial charge in [0, 0.05) is 19.1 Å². The first-order valence-corrected chi connectivity index (χ1v) is 10.8. The van der Waals surface area contributed by atoms with Crippen LogP contribution in [0.5, 0.6) is 0 Å². The molecule has 4 heteroatoms. The number of ketones is 3. The summed E-state index contributed by atoms with van der Waals surface area (Å²) in [6.07, 6.45) is 1.50. The van der Waals surface area contributed by atoms with Crippen LogP contribution in [0.1, 0.15) is 77.7 Å². The Bertz CT molecular complexity index is 785. The molecule has 0 spiro atoms. The van der Waals surface area contributed by atoms with Crippen LogP contribution in [0.2, 0.25) is 0 Å². The van der Waals surface area contributed by atoms with E-state index in [2.05, 4.69) is 31.2 Å². The molecular weight excluding hydrogens is 388 g/mol. The number of carbonyl (C=O) groups is 3. The van der Waals surface area contributed by atoms with Crippen molar-refractivity contribution in [1.82, 2.24) is 0 Å². The number of aryl methyl sites for hydroxylation is 1. The van der Waals surface area contributed by atoms with E-state index in [-0.39, 0.29) is 17.3 Å². The minimum atomic E-state index is -0.769. The van der Waals surface area contributed by atoms with Crippen molar-refractivity contribution in [3.8, 4) is 11.1 Å². The van der Waals surface area contributed by atoms with Gasteiger partial charge in [0.05, 0.1) is 5.41 Å². The van der Waals surface area contributed by atoms with Gasteiger partial charge in [-0.2, -0.15) is 0 Å². The number of aliphatic hydroxyl groups is 1. The Labute approximate surface area is 188 Å². The molecular formula is C27H40O4. The molecule has 0 aliphatic heterocycles.